The Morgan fingerprint density at radius 2 is 0.831 bits per heavy atom. The first kappa shape index (κ1) is 39.1. The molecule has 8 nitrogen and oxygen atoms in total. The van der Waals surface area contributed by atoms with Crippen LogP contribution in [-0.4, -0.2) is 41.1 Å². The third-order valence-corrected chi connectivity index (χ3v) is 11.0. The van der Waals surface area contributed by atoms with E-state index in [2.05, 4.69) is 0 Å². The molecule has 3 aliphatic heterocycles. The minimum absolute atomic E-state index is 0.179. The number of benzene rings is 7. The lowest BCUT2D eigenvalue weighted by Gasteiger charge is -2.39. The lowest BCUT2D eigenvalue weighted by molar-refractivity contribution is -0.181. The molecular formula is C51H44O8. The second kappa shape index (κ2) is 16.3. The maximum Gasteiger partial charge on any atom is 0.359 e. The van der Waals surface area contributed by atoms with Crippen molar-refractivity contribution >= 4 is 5.97 Å². The Bertz CT molecular complexity index is 2420. The van der Waals surface area contributed by atoms with Gasteiger partial charge in [-0.3, -0.25) is 0 Å². The molecule has 0 spiro atoms. The second-order valence-corrected chi connectivity index (χ2v) is 14.5. The summed E-state index contributed by atoms with van der Waals surface area (Å²) < 4.78 is 22.7. The molecule has 0 amide bonds. The summed E-state index contributed by atoms with van der Waals surface area (Å²) in [6, 6.07) is 59.8. The van der Waals surface area contributed by atoms with Crippen molar-refractivity contribution in [3.8, 4) is 17.2 Å². The van der Waals surface area contributed by atoms with Gasteiger partial charge < -0.3 is 34.3 Å². The van der Waals surface area contributed by atoms with Crippen LogP contribution in [0.1, 0.15) is 45.9 Å². The summed E-state index contributed by atoms with van der Waals surface area (Å²) in [6.07, 6.45) is 0. The van der Waals surface area contributed by atoms with Crippen LogP contribution in [0.25, 0.3) is 0 Å². The van der Waals surface area contributed by atoms with E-state index in [0.717, 1.165) is 33.8 Å². The van der Waals surface area contributed by atoms with Crippen LogP contribution in [-0.2, 0) is 31.9 Å². The second-order valence-electron chi connectivity index (χ2n) is 14.5. The van der Waals surface area contributed by atoms with E-state index < -0.39 is 28.4 Å². The van der Waals surface area contributed by atoms with Crippen LogP contribution >= 0.6 is 0 Å². The van der Waals surface area contributed by atoms with Crippen LogP contribution in [0.3, 0.4) is 0 Å². The van der Waals surface area contributed by atoms with Crippen molar-refractivity contribution in [1.82, 2.24) is 0 Å². The molecule has 0 saturated heterocycles. The lowest BCUT2D eigenvalue weighted by Crippen LogP contribution is -2.56. The summed E-state index contributed by atoms with van der Waals surface area (Å²) in [5.74, 6) is 1.38. The molecule has 0 radical (unpaired) electrons. The van der Waals surface area contributed by atoms with Gasteiger partial charge in [0.25, 0.3) is 5.60 Å². The molecule has 0 bridgehead atoms. The minimum atomic E-state index is -1.74. The number of para-hydroxylation sites is 3. The monoisotopic (exact) mass is 784 g/mol. The Kier molecular flexibility index (Phi) is 10.8. The highest BCUT2D eigenvalue weighted by molar-refractivity contribution is 5.87. The number of carbonyl (C=O) groups is 1. The van der Waals surface area contributed by atoms with E-state index in [9.17, 15) is 20.1 Å². The Hall–Kier alpha value is -6.71. The first-order chi connectivity index (χ1) is 28.8. The largest absolute Gasteiger partial charge is 0.489 e. The zero-order chi connectivity index (χ0) is 40.9. The fourth-order valence-corrected chi connectivity index (χ4v) is 8.10. The highest BCUT2D eigenvalue weighted by atomic mass is 16.6. The van der Waals surface area contributed by atoms with Crippen LogP contribution in [0.4, 0.5) is 0 Å². The van der Waals surface area contributed by atoms with Gasteiger partial charge in [0.05, 0.1) is 6.61 Å². The van der Waals surface area contributed by atoms with Crippen LogP contribution in [0, 0.1) is 0 Å². The molecule has 0 fully saturated rings. The van der Waals surface area contributed by atoms with E-state index in [0.29, 0.717) is 22.4 Å². The molecule has 4 atom stereocenters. The van der Waals surface area contributed by atoms with Crippen LogP contribution in [0.5, 0.6) is 17.2 Å². The molecule has 0 aromatic heterocycles. The third kappa shape index (κ3) is 6.81. The molecule has 59 heavy (non-hydrogen) atoms. The van der Waals surface area contributed by atoms with Crippen molar-refractivity contribution in [2.45, 2.75) is 29.3 Å². The summed E-state index contributed by atoms with van der Waals surface area (Å²) in [4.78, 5) is 13.3. The van der Waals surface area contributed by atoms with E-state index >= 15 is 0 Å². The molecular weight excluding hydrogens is 741 g/mol. The first-order valence-electron chi connectivity index (χ1n) is 19.6. The Morgan fingerprint density at radius 1 is 0.475 bits per heavy atom. The Morgan fingerprint density at radius 3 is 1.27 bits per heavy atom. The smallest absolute Gasteiger partial charge is 0.359 e. The van der Waals surface area contributed by atoms with Crippen molar-refractivity contribution in [3.63, 3.8) is 0 Å². The highest BCUT2D eigenvalue weighted by Gasteiger charge is 2.67. The van der Waals surface area contributed by atoms with Gasteiger partial charge in [0, 0.05) is 22.3 Å². The minimum Gasteiger partial charge on any atom is -0.489 e. The summed E-state index contributed by atoms with van der Waals surface area (Å²) in [7, 11) is 0. The average molecular weight is 785 g/mol. The first-order valence-corrected chi connectivity index (χ1v) is 19.6. The lowest BCUT2D eigenvalue weighted by atomic mass is 9.71. The van der Waals surface area contributed by atoms with Crippen LogP contribution < -0.4 is 14.2 Å². The number of ether oxygens (including phenoxy) is 4. The number of rotatable bonds is 6. The maximum absolute atomic E-state index is 13.3. The van der Waals surface area contributed by atoms with Gasteiger partial charge in [0.1, 0.15) is 30.5 Å². The predicted octanol–water partition coefficient (Wildman–Crippen LogP) is 8.40. The summed E-state index contributed by atoms with van der Waals surface area (Å²) >= 11 is 0. The van der Waals surface area contributed by atoms with Crippen molar-refractivity contribution < 1.29 is 39.1 Å². The number of aliphatic hydroxyl groups is 3. The number of esters is 1. The zero-order valence-corrected chi connectivity index (χ0v) is 32.5. The van der Waals surface area contributed by atoms with Crippen LogP contribution in [0.15, 0.2) is 194 Å². The van der Waals surface area contributed by atoms with Gasteiger partial charge >= 0.3 is 5.97 Å². The molecule has 4 unspecified atom stereocenters. The highest BCUT2D eigenvalue weighted by Crippen LogP contribution is 2.57. The molecule has 7 aromatic rings. The van der Waals surface area contributed by atoms with Gasteiger partial charge in [0.2, 0.25) is 0 Å². The third-order valence-electron chi connectivity index (χ3n) is 11.0. The number of fused-ring (bicyclic) bond motifs is 3. The average Bonchev–Trinajstić information content (AvgIpc) is 3.94. The quantitative estimate of drug-likeness (QED) is 0.144. The number of hydrogen-bond donors (Lipinski definition) is 3. The van der Waals surface area contributed by atoms with Crippen molar-refractivity contribution in [2.24, 2.45) is 0 Å². The summed E-state index contributed by atoms with van der Waals surface area (Å²) in [5.41, 5.74) is -0.406. The molecule has 3 aliphatic rings. The standard InChI is InChI=1S/C23H20O4.2C14H12O2/c1-2-26-21(24)23(18-13-7-4-8-14-18)22(25,17-11-5-3-6-12-17)19-15-9-10-16-20(19)27-23;2*15-14(11-6-2-1-3-7-11)10-16-13-9-5-4-8-12(13)14/h3-16,25H,2H2,1H3;2*1-9,15H,10H2. The Balaban J connectivity index is 0.000000130. The van der Waals surface area contributed by atoms with Gasteiger partial charge in [-0.2, -0.15) is 0 Å². The van der Waals surface area contributed by atoms with E-state index in [1.165, 1.54) is 0 Å². The van der Waals surface area contributed by atoms with Gasteiger partial charge in [-0.25, -0.2) is 4.79 Å². The predicted molar refractivity (Wildman–Crippen MR) is 224 cm³/mol. The van der Waals surface area contributed by atoms with Crippen molar-refractivity contribution in [1.29, 1.82) is 0 Å². The summed E-state index contributed by atoms with van der Waals surface area (Å²) in [6.45, 7) is 2.49. The molecule has 3 heterocycles. The molecule has 296 valence electrons. The van der Waals surface area contributed by atoms with Gasteiger partial charge in [-0.1, -0.05) is 176 Å². The topological polar surface area (TPSA) is 115 Å². The molecule has 0 saturated carbocycles. The van der Waals surface area contributed by atoms with E-state index in [-0.39, 0.29) is 19.8 Å². The fraction of sp³-hybridized carbons (Fsp3) is 0.157. The molecule has 7 aromatic carbocycles. The zero-order valence-electron chi connectivity index (χ0n) is 32.5. The van der Waals surface area contributed by atoms with Gasteiger partial charge in [-0.15, -0.1) is 0 Å². The maximum atomic E-state index is 13.3. The SMILES string of the molecule is CCOC(=O)C1(c2ccccc2)Oc2ccccc2C1(O)c1ccccc1.OC1(c2ccccc2)COc2ccccc21.OC1(c2ccccc2)COc2ccccc21. The molecule has 3 N–H and O–H groups in total. The molecule has 0 aliphatic carbocycles. The van der Waals surface area contributed by atoms with Gasteiger partial charge in [-0.05, 0) is 41.8 Å². The fourth-order valence-electron chi connectivity index (χ4n) is 8.10. The normalized spacial score (nSPS) is 22.9. The molecule has 8 heteroatoms. The van der Waals surface area contributed by atoms with Gasteiger partial charge in [0.15, 0.2) is 16.8 Å². The number of carbonyl (C=O) groups excluding carboxylic acids is 1. The molecule has 10 rings (SSSR count). The van der Waals surface area contributed by atoms with E-state index in [4.69, 9.17) is 18.9 Å². The van der Waals surface area contributed by atoms with Crippen LogP contribution in [0.2, 0.25) is 0 Å². The number of hydrogen-bond acceptors (Lipinski definition) is 8. The van der Waals surface area contributed by atoms with Crippen molar-refractivity contribution in [3.05, 3.63) is 233 Å². The van der Waals surface area contributed by atoms with E-state index in [1.54, 1.807) is 43.3 Å². The summed E-state index contributed by atoms with van der Waals surface area (Å²) in [5, 5.41) is 33.5. The van der Waals surface area contributed by atoms with E-state index in [1.807, 2.05) is 158 Å². The van der Waals surface area contributed by atoms with Crippen molar-refractivity contribution in [2.75, 3.05) is 19.8 Å². The Labute approximate surface area is 343 Å².